The van der Waals surface area contributed by atoms with Crippen molar-refractivity contribution < 1.29 is 9.18 Å². The molecule has 0 heterocycles. The van der Waals surface area contributed by atoms with Gasteiger partial charge in [0.25, 0.3) is 0 Å². The quantitative estimate of drug-likeness (QED) is 0.206. The SMILES string of the molecule is O=C(c1ccc(F)cc1)c1cc(-c2ccccc2)c(-c2ccccc2)c(-c2ccccc2)c1-c1ccccc1. The van der Waals surface area contributed by atoms with E-state index in [4.69, 9.17) is 0 Å². The fourth-order valence-corrected chi connectivity index (χ4v) is 5.17. The molecule has 0 bridgehead atoms. The maximum absolute atomic E-state index is 14.2. The molecule has 6 aromatic carbocycles. The highest BCUT2D eigenvalue weighted by molar-refractivity contribution is 6.18. The van der Waals surface area contributed by atoms with Gasteiger partial charge in [0.1, 0.15) is 5.82 Å². The molecule has 39 heavy (non-hydrogen) atoms. The molecule has 6 aromatic rings. The molecular formula is C37H25FO. The number of halogens is 1. The Kier molecular flexibility index (Phi) is 6.67. The normalized spacial score (nSPS) is 10.8. The van der Waals surface area contributed by atoms with E-state index in [0.29, 0.717) is 11.1 Å². The van der Waals surface area contributed by atoms with Gasteiger partial charge in [-0.2, -0.15) is 0 Å². The van der Waals surface area contributed by atoms with E-state index in [-0.39, 0.29) is 11.6 Å². The number of carbonyl (C=O) groups is 1. The van der Waals surface area contributed by atoms with E-state index < -0.39 is 0 Å². The average molecular weight is 505 g/mol. The molecule has 0 saturated heterocycles. The van der Waals surface area contributed by atoms with Crippen molar-refractivity contribution in [1.82, 2.24) is 0 Å². The Morgan fingerprint density at radius 3 is 1.33 bits per heavy atom. The van der Waals surface area contributed by atoms with Gasteiger partial charge in [-0.05, 0) is 69.3 Å². The Labute approximate surface area is 227 Å². The van der Waals surface area contributed by atoms with E-state index in [9.17, 15) is 9.18 Å². The minimum absolute atomic E-state index is 0.150. The molecule has 2 heteroatoms. The fraction of sp³-hybridized carbons (Fsp3) is 0. The van der Waals surface area contributed by atoms with E-state index in [1.807, 2.05) is 91.0 Å². The summed E-state index contributed by atoms with van der Waals surface area (Å²) in [6.45, 7) is 0. The topological polar surface area (TPSA) is 17.1 Å². The molecule has 0 saturated carbocycles. The van der Waals surface area contributed by atoms with E-state index in [0.717, 1.165) is 44.5 Å². The van der Waals surface area contributed by atoms with Crippen molar-refractivity contribution in [3.63, 3.8) is 0 Å². The van der Waals surface area contributed by atoms with Crippen LogP contribution in [-0.4, -0.2) is 5.78 Å². The van der Waals surface area contributed by atoms with Gasteiger partial charge in [-0.1, -0.05) is 121 Å². The second-order valence-electron chi connectivity index (χ2n) is 9.40. The summed E-state index contributed by atoms with van der Waals surface area (Å²) in [5.74, 6) is -0.521. The van der Waals surface area contributed by atoms with Crippen LogP contribution in [-0.2, 0) is 0 Å². The van der Waals surface area contributed by atoms with Gasteiger partial charge in [0.05, 0.1) is 0 Å². The Balaban J connectivity index is 1.80. The number of hydrogen-bond acceptors (Lipinski definition) is 1. The van der Waals surface area contributed by atoms with Gasteiger partial charge in [0, 0.05) is 16.7 Å². The summed E-state index contributed by atoms with van der Waals surface area (Å²) in [4.78, 5) is 14.2. The van der Waals surface area contributed by atoms with Crippen LogP contribution >= 0.6 is 0 Å². The van der Waals surface area contributed by atoms with Crippen LogP contribution in [0.1, 0.15) is 15.9 Å². The molecule has 0 N–H and O–H groups in total. The van der Waals surface area contributed by atoms with Crippen molar-refractivity contribution in [2.45, 2.75) is 0 Å². The molecule has 0 unspecified atom stereocenters. The molecule has 0 aliphatic rings. The van der Waals surface area contributed by atoms with Gasteiger partial charge < -0.3 is 0 Å². The highest BCUT2D eigenvalue weighted by Crippen LogP contribution is 2.47. The molecular weight excluding hydrogens is 479 g/mol. The molecule has 0 spiro atoms. The van der Waals surface area contributed by atoms with Crippen molar-refractivity contribution in [3.05, 3.63) is 169 Å². The van der Waals surface area contributed by atoms with Gasteiger partial charge in [0.15, 0.2) is 5.78 Å². The predicted octanol–water partition coefficient (Wildman–Crippen LogP) is 9.72. The average Bonchev–Trinajstić information content (AvgIpc) is 3.02. The fourth-order valence-electron chi connectivity index (χ4n) is 5.17. The molecule has 0 fully saturated rings. The maximum Gasteiger partial charge on any atom is 0.193 e. The minimum Gasteiger partial charge on any atom is -0.289 e. The van der Waals surface area contributed by atoms with E-state index in [1.165, 1.54) is 12.1 Å². The lowest BCUT2D eigenvalue weighted by Crippen LogP contribution is -2.07. The molecule has 0 radical (unpaired) electrons. The number of ketones is 1. The summed E-state index contributed by atoms with van der Waals surface area (Å²) in [5.41, 5.74) is 8.92. The Morgan fingerprint density at radius 2 is 0.846 bits per heavy atom. The van der Waals surface area contributed by atoms with Crippen LogP contribution in [0.5, 0.6) is 0 Å². The minimum atomic E-state index is -0.371. The molecule has 0 atom stereocenters. The Bertz CT molecular complexity index is 1730. The van der Waals surface area contributed by atoms with Crippen LogP contribution in [0.2, 0.25) is 0 Å². The third-order valence-corrected chi connectivity index (χ3v) is 6.95. The van der Waals surface area contributed by atoms with E-state index in [1.54, 1.807) is 12.1 Å². The molecule has 0 amide bonds. The predicted molar refractivity (Wildman–Crippen MR) is 158 cm³/mol. The number of hydrogen-bond donors (Lipinski definition) is 0. The lowest BCUT2D eigenvalue weighted by Gasteiger charge is -2.24. The van der Waals surface area contributed by atoms with Gasteiger partial charge in [-0.15, -0.1) is 0 Å². The van der Waals surface area contributed by atoms with Crippen molar-refractivity contribution >= 4 is 5.78 Å². The largest absolute Gasteiger partial charge is 0.289 e. The molecule has 6 rings (SSSR count). The monoisotopic (exact) mass is 504 g/mol. The summed E-state index contributed by atoms with van der Waals surface area (Å²) < 4.78 is 13.8. The lowest BCUT2D eigenvalue weighted by molar-refractivity contribution is 0.103. The number of rotatable bonds is 6. The highest BCUT2D eigenvalue weighted by atomic mass is 19.1. The van der Waals surface area contributed by atoms with Crippen LogP contribution in [0, 0.1) is 5.82 Å². The van der Waals surface area contributed by atoms with Gasteiger partial charge in [-0.3, -0.25) is 4.79 Å². The van der Waals surface area contributed by atoms with Crippen LogP contribution in [0.15, 0.2) is 152 Å². The standard InChI is InChI=1S/C37H25FO/c38-31-23-21-30(22-24-31)37(39)33-25-32(26-13-5-1-6-14-26)34(27-15-7-2-8-16-27)36(29-19-11-4-12-20-29)35(33)28-17-9-3-10-18-28/h1-25H. The van der Waals surface area contributed by atoms with Crippen molar-refractivity contribution in [3.8, 4) is 44.5 Å². The van der Waals surface area contributed by atoms with Gasteiger partial charge >= 0.3 is 0 Å². The Hall–Kier alpha value is -5.08. The second kappa shape index (κ2) is 10.7. The third-order valence-electron chi connectivity index (χ3n) is 6.95. The first-order valence-corrected chi connectivity index (χ1v) is 12.9. The van der Waals surface area contributed by atoms with E-state index in [2.05, 4.69) is 36.4 Å². The number of carbonyl (C=O) groups excluding carboxylic acids is 1. The van der Waals surface area contributed by atoms with Crippen LogP contribution in [0.3, 0.4) is 0 Å². The van der Waals surface area contributed by atoms with Crippen molar-refractivity contribution in [2.24, 2.45) is 0 Å². The van der Waals surface area contributed by atoms with Gasteiger partial charge in [0.2, 0.25) is 0 Å². The Morgan fingerprint density at radius 1 is 0.436 bits per heavy atom. The number of benzene rings is 6. The lowest BCUT2D eigenvalue weighted by atomic mass is 9.79. The highest BCUT2D eigenvalue weighted by Gasteiger charge is 2.26. The first kappa shape index (κ1) is 24.3. The van der Waals surface area contributed by atoms with Crippen molar-refractivity contribution in [1.29, 1.82) is 0 Å². The first-order chi connectivity index (χ1) is 19.2. The zero-order valence-electron chi connectivity index (χ0n) is 21.2. The zero-order valence-corrected chi connectivity index (χ0v) is 21.2. The molecule has 0 aliphatic heterocycles. The molecule has 186 valence electrons. The third kappa shape index (κ3) is 4.81. The smallest absolute Gasteiger partial charge is 0.193 e. The molecule has 0 aromatic heterocycles. The van der Waals surface area contributed by atoms with Crippen LogP contribution in [0.25, 0.3) is 44.5 Å². The maximum atomic E-state index is 14.2. The second-order valence-corrected chi connectivity index (χ2v) is 9.40. The van der Waals surface area contributed by atoms with Crippen LogP contribution < -0.4 is 0 Å². The summed E-state index contributed by atoms with van der Waals surface area (Å²) in [6.07, 6.45) is 0. The van der Waals surface area contributed by atoms with Crippen LogP contribution in [0.4, 0.5) is 4.39 Å². The van der Waals surface area contributed by atoms with E-state index >= 15 is 0 Å². The summed E-state index contributed by atoms with van der Waals surface area (Å²) in [6, 6.07) is 48.6. The summed E-state index contributed by atoms with van der Waals surface area (Å²) >= 11 is 0. The summed E-state index contributed by atoms with van der Waals surface area (Å²) in [7, 11) is 0. The molecule has 0 aliphatic carbocycles. The zero-order chi connectivity index (χ0) is 26.6. The molecule has 1 nitrogen and oxygen atoms in total. The summed E-state index contributed by atoms with van der Waals surface area (Å²) in [5, 5.41) is 0. The van der Waals surface area contributed by atoms with Gasteiger partial charge in [-0.25, -0.2) is 4.39 Å². The first-order valence-electron chi connectivity index (χ1n) is 12.9. The van der Waals surface area contributed by atoms with Crippen molar-refractivity contribution in [2.75, 3.05) is 0 Å².